The summed E-state index contributed by atoms with van der Waals surface area (Å²) in [6.07, 6.45) is 0. The largest absolute Gasteiger partial charge is 0.305 e. The number of aromatic amines is 1. The summed E-state index contributed by atoms with van der Waals surface area (Å²) in [6.45, 7) is 0.933. The standard InChI is InChI=1S/C9H12N4/c1-13(2)6-7-3-4-8-9(5-7)11-12-10-8/h3-5H,6H2,1-2H3,(H,10,11,12). The third-order valence-electron chi connectivity index (χ3n) is 1.89. The summed E-state index contributed by atoms with van der Waals surface area (Å²) in [5, 5.41) is 10.5. The van der Waals surface area contributed by atoms with E-state index in [1.165, 1.54) is 5.56 Å². The Kier molecular flexibility index (Phi) is 1.98. The lowest BCUT2D eigenvalue weighted by Gasteiger charge is -2.08. The van der Waals surface area contributed by atoms with E-state index in [4.69, 9.17) is 0 Å². The molecule has 2 aromatic rings. The highest BCUT2D eigenvalue weighted by molar-refractivity contribution is 5.74. The second-order valence-corrected chi connectivity index (χ2v) is 3.40. The van der Waals surface area contributed by atoms with E-state index in [1.54, 1.807) is 0 Å². The van der Waals surface area contributed by atoms with Crippen molar-refractivity contribution in [2.75, 3.05) is 14.1 Å². The zero-order chi connectivity index (χ0) is 9.26. The number of nitrogens with one attached hydrogen (secondary N) is 1. The zero-order valence-electron chi connectivity index (χ0n) is 7.78. The first-order chi connectivity index (χ1) is 6.25. The molecule has 13 heavy (non-hydrogen) atoms. The van der Waals surface area contributed by atoms with E-state index in [0.717, 1.165) is 17.6 Å². The molecule has 4 nitrogen and oxygen atoms in total. The van der Waals surface area contributed by atoms with E-state index in [9.17, 15) is 0 Å². The molecule has 1 aromatic heterocycles. The van der Waals surface area contributed by atoms with Crippen molar-refractivity contribution >= 4 is 11.0 Å². The maximum Gasteiger partial charge on any atom is 0.113 e. The Morgan fingerprint density at radius 1 is 1.38 bits per heavy atom. The van der Waals surface area contributed by atoms with E-state index >= 15 is 0 Å². The molecule has 0 aliphatic carbocycles. The second-order valence-electron chi connectivity index (χ2n) is 3.40. The molecular weight excluding hydrogens is 164 g/mol. The van der Waals surface area contributed by atoms with Crippen molar-refractivity contribution in [1.29, 1.82) is 0 Å². The maximum atomic E-state index is 3.96. The van der Waals surface area contributed by atoms with E-state index in [-0.39, 0.29) is 0 Å². The van der Waals surface area contributed by atoms with Crippen molar-refractivity contribution in [3.05, 3.63) is 23.8 Å². The van der Waals surface area contributed by atoms with Crippen molar-refractivity contribution in [2.24, 2.45) is 0 Å². The minimum Gasteiger partial charge on any atom is -0.305 e. The normalized spacial score (nSPS) is 11.3. The van der Waals surface area contributed by atoms with Gasteiger partial charge in [0.1, 0.15) is 5.52 Å². The fraction of sp³-hybridized carbons (Fsp3) is 0.333. The molecule has 1 aromatic carbocycles. The molecular formula is C9H12N4. The number of hydrogen-bond acceptors (Lipinski definition) is 3. The number of aromatic nitrogens is 3. The van der Waals surface area contributed by atoms with Gasteiger partial charge in [-0.25, -0.2) is 0 Å². The smallest absolute Gasteiger partial charge is 0.113 e. The van der Waals surface area contributed by atoms with Crippen LogP contribution in [0.2, 0.25) is 0 Å². The van der Waals surface area contributed by atoms with Gasteiger partial charge in [0.25, 0.3) is 0 Å². The minimum absolute atomic E-state index is 0.930. The van der Waals surface area contributed by atoms with Gasteiger partial charge in [-0.3, -0.25) is 5.10 Å². The molecule has 0 saturated heterocycles. The topological polar surface area (TPSA) is 44.8 Å². The number of fused-ring (bicyclic) bond motifs is 1. The average Bonchev–Trinajstić information content (AvgIpc) is 2.49. The van der Waals surface area contributed by atoms with Crippen LogP contribution < -0.4 is 0 Å². The highest BCUT2D eigenvalue weighted by atomic mass is 15.3. The van der Waals surface area contributed by atoms with E-state index in [2.05, 4.69) is 32.4 Å². The molecule has 0 fully saturated rings. The van der Waals surface area contributed by atoms with Gasteiger partial charge in [-0.05, 0) is 31.8 Å². The average molecular weight is 176 g/mol. The molecule has 0 spiro atoms. The molecule has 68 valence electrons. The summed E-state index contributed by atoms with van der Waals surface area (Å²) >= 11 is 0. The van der Waals surface area contributed by atoms with Crippen LogP contribution in [0.25, 0.3) is 11.0 Å². The number of hydrogen-bond donors (Lipinski definition) is 1. The first-order valence-corrected chi connectivity index (χ1v) is 4.20. The van der Waals surface area contributed by atoms with Crippen LogP contribution in [0.15, 0.2) is 18.2 Å². The van der Waals surface area contributed by atoms with E-state index in [1.807, 2.05) is 20.2 Å². The summed E-state index contributed by atoms with van der Waals surface area (Å²) < 4.78 is 0. The van der Waals surface area contributed by atoms with Crippen molar-refractivity contribution in [2.45, 2.75) is 6.54 Å². The summed E-state index contributed by atoms with van der Waals surface area (Å²) in [6, 6.07) is 6.15. The fourth-order valence-electron chi connectivity index (χ4n) is 1.35. The number of rotatable bonds is 2. The molecule has 0 saturated carbocycles. The number of benzene rings is 1. The molecule has 2 rings (SSSR count). The Morgan fingerprint density at radius 2 is 2.23 bits per heavy atom. The highest BCUT2D eigenvalue weighted by Crippen LogP contribution is 2.11. The van der Waals surface area contributed by atoms with E-state index in [0.29, 0.717) is 0 Å². The van der Waals surface area contributed by atoms with Gasteiger partial charge in [0.2, 0.25) is 0 Å². The molecule has 0 aliphatic rings. The van der Waals surface area contributed by atoms with Crippen LogP contribution in [0, 0.1) is 0 Å². The summed E-state index contributed by atoms with van der Waals surface area (Å²) in [4.78, 5) is 2.13. The van der Waals surface area contributed by atoms with E-state index < -0.39 is 0 Å². The van der Waals surface area contributed by atoms with Gasteiger partial charge in [0.15, 0.2) is 0 Å². The van der Waals surface area contributed by atoms with Crippen molar-refractivity contribution in [3.63, 3.8) is 0 Å². The molecule has 1 heterocycles. The second kappa shape index (κ2) is 3.14. The van der Waals surface area contributed by atoms with Gasteiger partial charge in [-0.1, -0.05) is 11.3 Å². The predicted octanol–water partition coefficient (Wildman–Crippen LogP) is 1.02. The highest BCUT2D eigenvalue weighted by Gasteiger charge is 1.99. The van der Waals surface area contributed by atoms with Gasteiger partial charge in [0.05, 0.1) is 5.52 Å². The van der Waals surface area contributed by atoms with Crippen LogP contribution in [0.5, 0.6) is 0 Å². The number of nitrogens with zero attached hydrogens (tertiary/aromatic N) is 3. The quantitative estimate of drug-likeness (QED) is 0.743. The van der Waals surface area contributed by atoms with Crippen LogP contribution in [0.3, 0.4) is 0 Å². The molecule has 0 aliphatic heterocycles. The molecule has 0 unspecified atom stereocenters. The molecule has 0 atom stereocenters. The van der Waals surface area contributed by atoms with Crippen LogP contribution in [0.1, 0.15) is 5.56 Å². The lowest BCUT2D eigenvalue weighted by atomic mass is 10.2. The molecule has 1 N–H and O–H groups in total. The molecule has 4 heteroatoms. The van der Waals surface area contributed by atoms with Crippen molar-refractivity contribution < 1.29 is 0 Å². The summed E-state index contributed by atoms with van der Waals surface area (Å²) in [5.74, 6) is 0. The predicted molar refractivity (Wildman–Crippen MR) is 51.3 cm³/mol. The summed E-state index contributed by atoms with van der Waals surface area (Å²) in [7, 11) is 4.10. The Bertz CT molecular complexity index is 405. The van der Waals surface area contributed by atoms with Gasteiger partial charge >= 0.3 is 0 Å². The third kappa shape index (κ3) is 1.67. The lowest BCUT2D eigenvalue weighted by molar-refractivity contribution is 0.402. The van der Waals surface area contributed by atoms with Crippen LogP contribution in [-0.4, -0.2) is 34.4 Å². The Labute approximate surface area is 76.6 Å². The van der Waals surface area contributed by atoms with Crippen molar-refractivity contribution in [1.82, 2.24) is 20.3 Å². The van der Waals surface area contributed by atoms with Gasteiger partial charge in [-0.2, -0.15) is 0 Å². The Hall–Kier alpha value is -1.42. The first-order valence-electron chi connectivity index (χ1n) is 4.20. The summed E-state index contributed by atoms with van der Waals surface area (Å²) in [5.41, 5.74) is 3.17. The zero-order valence-corrected chi connectivity index (χ0v) is 7.78. The van der Waals surface area contributed by atoms with Gasteiger partial charge in [0, 0.05) is 6.54 Å². The lowest BCUT2D eigenvalue weighted by Crippen LogP contribution is -2.10. The monoisotopic (exact) mass is 176 g/mol. The van der Waals surface area contributed by atoms with Crippen molar-refractivity contribution in [3.8, 4) is 0 Å². The molecule has 0 amide bonds. The SMILES string of the molecule is CN(C)Cc1ccc2[nH]nnc2c1. The third-order valence-corrected chi connectivity index (χ3v) is 1.89. The molecule has 0 radical (unpaired) electrons. The van der Waals surface area contributed by atoms with Crippen LogP contribution in [0.4, 0.5) is 0 Å². The maximum absolute atomic E-state index is 3.96. The first kappa shape index (κ1) is 8.19. The minimum atomic E-state index is 0.930. The Morgan fingerprint density at radius 3 is 3.00 bits per heavy atom. The van der Waals surface area contributed by atoms with Gasteiger partial charge < -0.3 is 4.90 Å². The van der Waals surface area contributed by atoms with Gasteiger partial charge in [-0.15, -0.1) is 5.10 Å². The number of H-pyrrole nitrogens is 1. The van der Waals surface area contributed by atoms with Crippen LogP contribution >= 0.6 is 0 Å². The fourth-order valence-corrected chi connectivity index (χ4v) is 1.35. The molecule has 0 bridgehead atoms. The Balaban J connectivity index is 2.37. The van der Waals surface area contributed by atoms with Crippen LogP contribution in [-0.2, 0) is 6.54 Å².